The summed E-state index contributed by atoms with van der Waals surface area (Å²) in [5.74, 6) is 0. The van der Waals surface area contributed by atoms with Crippen LogP contribution in [0.15, 0.2) is 30.3 Å². The van der Waals surface area contributed by atoms with Crippen molar-refractivity contribution in [1.29, 1.82) is 0 Å². The van der Waals surface area contributed by atoms with Crippen LogP contribution in [-0.2, 0) is 0 Å². The first-order valence-corrected chi connectivity index (χ1v) is 12.0. The molecule has 0 saturated carbocycles. The molecule has 23 heavy (non-hydrogen) atoms. The van der Waals surface area contributed by atoms with Gasteiger partial charge >= 0.3 is 0 Å². The topological polar surface area (TPSA) is 50.9 Å². The predicted octanol–water partition coefficient (Wildman–Crippen LogP) is 4.41. The second kappa shape index (κ2) is 6.57. The van der Waals surface area contributed by atoms with Gasteiger partial charge in [0.25, 0.3) is 0 Å². The van der Waals surface area contributed by atoms with Gasteiger partial charge < -0.3 is 5.11 Å². The minimum atomic E-state index is -1.32. The van der Waals surface area contributed by atoms with Crippen molar-refractivity contribution in [3.63, 3.8) is 0 Å². The average Bonchev–Trinajstić information content (AvgIpc) is 2.84. The highest BCUT2D eigenvalue weighted by Crippen LogP contribution is 2.27. The van der Waals surface area contributed by atoms with Gasteiger partial charge in [-0.15, -0.1) is 5.10 Å². The highest BCUT2D eigenvalue weighted by molar-refractivity contribution is 6.77. The van der Waals surface area contributed by atoms with Crippen LogP contribution >= 0.6 is 0 Å². The van der Waals surface area contributed by atoms with E-state index < -0.39 is 8.07 Å². The van der Waals surface area contributed by atoms with Crippen LogP contribution in [0.4, 0.5) is 0 Å². The molecule has 1 N–H and O–H groups in total. The molecular formula is C18H29N3OSi. The molecule has 0 radical (unpaired) electrons. The first kappa shape index (κ1) is 17.9. The molecule has 126 valence electrons. The van der Waals surface area contributed by atoms with E-state index in [-0.39, 0.29) is 11.5 Å². The first-order chi connectivity index (χ1) is 10.6. The Morgan fingerprint density at radius 2 is 1.91 bits per heavy atom. The molecule has 0 aliphatic rings. The predicted molar refractivity (Wildman–Crippen MR) is 100 cm³/mol. The molecule has 0 aliphatic heterocycles. The lowest BCUT2D eigenvalue weighted by Crippen LogP contribution is -2.26. The number of aliphatic hydroxyl groups excluding tert-OH is 1. The smallest absolute Gasteiger partial charge is 0.113 e. The van der Waals surface area contributed by atoms with Gasteiger partial charge in [-0.05, 0) is 30.0 Å². The van der Waals surface area contributed by atoms with Gasteiger partial charge in [0, 0.05) is 5.70 Å². The quantitative estimate of drug-likeness (QED) is 0.826. The van der Waals surface area contributed by atoms with Crippen LogP contribution in [-0.4, -0.2) is 34.3 Å². The van der Waals surface area contributed by atoms with Crippen LogP contribution in [0.3, 0.4) is 0 Å². The zero-order chi connectivity index (χ0) is 17.3. The lowest BCUT2D eigenvalue weighted by atomic mass is 9.87. The number of aromatic nitrogens is 3. The van der Waals surface area contributed by atoms with Crippen molar-refractivity contribution in [2.24, 2.45) is 5.41 Å². The molecule has 4 nitrogen and oxygen atoms in total. The number of benzene rings is 1. The first-order valence-electron chi connectivity index (χ1n) is 8.26. The molecule has 1 heterocycles. The van der Waals surface area contributed by atoms with E-state index in [9.17, 15) is 5.11 Å². The van der Waals surface area contributed by atoms with E-state index in [4.69, 9.17) is 0 Å². The van der Waals surface area contributed by atoms with Crippen molar-refractivity contribution in [1.82, 2.24) is 15.0 Å². The Hall–Kier alpha value is -1.46. The number of fused-ring (bicyclic) bond motifs is 1. The number of nitrogens with zero attached hydrogens (tertiary/aromatic N) is 3. The summed E-state index contributed by atoms with van der Waals surface area (Å²) in [6, 6.07) is 9.03. The Labute approximate surface area is 140 Å². The van der Waals surface area contributed by atoms with Gasteiger partial charge in [-0.25, -0.2) is 4.68 Å². The SMILES string of the molecule is CC(C)(C)C(O)CC=C(C[Si](C)(C)C)n1nnc2ccccc21. The molecule has 0 bridgehead atoms. The number of rotatable bonds is 5. The van der Waals surface area contributed by atoms with E-state index in [1.165, 1.54) is 0 Å². The Morgan fingerprint density at radius 1 is 1.26 bits per heavy atom. The maximum atomic E-state index is 10.4. The van der Waals surface area contributed by atoms with E-state index in [1.54, 1.807) is 0 Å². The lowest BCUT2D eigenvalue weighted by Gasteiger charge is -2.25. The van der Waals surface area contributed by atoms with Crippen molar-refractivity contribution in [3.8, 4) is 0 Å². The molecule has 0 saturated heterocycles. The van der Waals surface area contributed by atoms with Gasteiger partial charge in [-0.3, -0.25) is 0 Å². The summed E-state index contributed by atoms with van der Waals surface area (Å²) in [7, 11) is -1.32. The van der Waals surface area contributed by atoms with Crippen molar-refractivity contribution in [3.05, 3.63) is 30.3 Å². The fourth-order valence-corrected chi connectivity index (χ4v) is 3.84. The van der Waals surface area contributed by atoms with Crippen molar-refractivity contribution in [2.45, 2.75) is 59.0 Å². The molecule has 2 rings (SSSR count). The molecule has 1 aromatic heterocycles. The van der Waals surface area contributed by atoms with E-state index in [2.05, 4.69) is 56.8 Å². The molecule has 0 aliphatic carbocycles. The van der Waals surface area contributed by atoms with Crippen LogP contribution in [0.2, 0.25) is 25.7 Å². The molecule has 1 aromatic carbocycles. The maximum absolute atomic E-state index is 10.4. The fraction of sp³-hybridized carbons (Fsp3) is 0.556. The number of hydrogen-bond donors (Lipinski definition) is 1. The fourth-order valence-electron chi connectivity index (χ4n) is 2.46. The van der Waals surface area contributed by atoms with Gasteiger partial charge in [0.15, 0.2) is 0 Å². The van der Waals surface area contributed by atoms with E-state index in [0.29, 0.717) is 6.42 Å². The summed E-state index contributed by atoms with van der Waals surface area (Å²) in [6.07, 6.45) is 2.42. The molecule has 5 heteroatoms. The van der Waals surface area contributed by atoms with Crippen LogP contribution in [0, 0.1) is 5.41 Å². The van der Waals surface area contributed by atoms with Gasteiger partial charge in [0.1, 0.15) is 5.52 Å². The molecular weight excluding hydrogens is 302 g/mol. The Bertz CT molecular complexity index is 692. The van der Waals surface area contributed by atoms with Gasteiger partial charge in [0.2, 0.25) is 0 Å². The summed E-state index contributed by atoms with van der Waals surface area (Å²) >= 11 is 0. The third-order valence-electron chi connectivity index (χ3n) is 3.91. The van der Waals surface area contributed by atoms with Crippen molar-refractivity contribution < 1.29 is 5.11 Å². The largest absolute Gasteiger partial charge is 0.392 e. The molecule has 1 atom stereocenters. The summed E-state index contributed by atoms with van der Waals surface area (Å²) in [5, 5.41) is 19.0. The molecule has 0 amide bonds. The van der Waals surface area contributed by atoms with Crippen LogP contribution in [0.5, 0.6) is 0 Å². The second-order valence-corrected chi connectivity index (χ2v) is 14.0. The van der Waals surface area contributed by atoms with Crippen LogP contribution in [0.25, 0.3) is 16.7 Å². The zero-order valence-corrected chi connectivity index (χ0v) is 16.2. The number of hydrogen-bond acceptors (Lipinski definition) is 3. The number of allylic oxidation sites excluding steroid dienone is 1. The lowest BCUT2D eigenvalue weighted by molar-refractivity contribution is 0.0659. The van der Waals surface area contributed by atoms with Gasteiger partial charge in [0.05, 0.1) is 19.7 Å². The molecule has 0 spiro atoms. The third-order valence-corrected chi connectivity index (χ3v) is 5.33. The molecule has 2 aromatic rings. The van der Waals surface area contributed by atoms with E-state index in [0.717, 1.165) is 22.8 Å². The number of aliphatic hydroxyl groups is 1. The minimum absolute atomic E-state index is 0.120. The summed E-state index contributed by atoms with van der Waals surface area (Å²) in [4.78, 5) is 0. The Balaban J connectivity index is 2.38. The average molecular weight is 332 g/mol. The van der Waals surface area contributed by atoms with E-state index in [1.807, 2.05) is 28.9 Å². The third kappa shape index (κ3) is 4.75. The summed E-state index contributed by atoms with van der Waals surface area (Å²) in [6.45, 7) is 13.2. The zero-order valence-electron chi connectivity index (χ0n) is 15.2. The normalized spacial score (nSPS) is 15.2. The highest BCUT2D eigenvalue weighted by atomic mass is 28.3. The van der Waals surface area contributed by atoms with Gasteiger partial charge in [-0.2, -0.15) is 0 Å². The monoisotopic (exact) mass is 331 g/mol. The molecule has 0 fully saturated rings. The number of para-hydroxylation sites is 1. The Kier molecular flexibility index (Phi) is 5.11. The summed E-state index contributed by atoms with van der Waals surface area (Å²) < 4.78 is 1.95. The van der Waals surface area contributed by atoms with Crippen LogP contribution in [0.1, 0.15) is 27.2 Å². The van der Waals surface area contributed by atoms with Crippen LogP contribution < -0.4 is 0 Å². The van der Waals surface area contributed by atoms with E-state index >= 15 is 0 Å². The summed E-state index contributed by atoms with van der Waals surface area (Å²) in [5.41, 5.74) is 2.97. The molecule has 1 unspecified atom stereocenters. The van der Waals surface area contributed by atoms with Crippen molar-refractivity contribution >= 4 is 24.8 Å². The second-order valence-electron chi connectivity index (χ2n) is 8.54. The van der Waals surface area contributed by atoms with Gasteiger partial charge in [-0.1, -0.05) is 63.8 Å². The minimum Gasteiger partial charge on any atom is -0.392 e. The van der Waals surface area contributed by atoms with Crippen molar-refractivity contribution in [2.75, 3.05) is 0 Å². The highest BCUT2D eigenvalue weighted by Gasteiger charge is 2.23. The Morgan fingerprint density at radius 3 is 2.52 bits per heavy atom. The maximum Gasteiger partial charge on any atom is 0.113 e. The standard InChI is InChI=1S/C18H29N3OSi/c1-18(2,3)17(22)12-11-14(13-23(4,5)6)21-16-10-8-7-9-15(16)19-20-21/h7-11,17,22H,12-13H2,1-6H3.